The van der Waals surface area contributed by atoms with Gasteiger partial charge in [0.25, 0.3) is 5.91 Å². The summed E-state index contributed by atoms with van der Waals surface area (Å²) in [6, 6.07) is 2.34. The number of piperazine rings is 1. The van der Waals surface area contributed by atoms with Crippen LogP contribution in [0.5, 0.6) is 0 Å². The van der Waals surface area contributed by atoms with Gasteiger partial charge in [0, 0.05) is 44.8 Å². The quantitative estimate of drug-likeness (QED) is 0.805. The van der Waals surface area contributed by atoms with E-state index in [9.17, 15) is 4.79 Å². The molecule has 126 valence electrons. The number of carbonyl (C=O) groups is 1. The standard InChI is InChI=1S/C16H24N4O3/c21-16(20-5-4-19-3-1-2-13(19)11-20)15-10-14(23-17-15)12-18-6-8-22-9-7-18/h10,13H,1-9,11-12H2/t13-/m0/s1. The summed E-state index contributed by atoms with van der Waals surface area (Å²) in [5, 5.41) is 4.00. The number of rotatable bonds is 3. The zero-order chi connectivity index (χ0) is 15.6. The Labute approximate surface area is 136 Å². The maximum absolute atomic E-state index is 12.6. The first-order valence-corrected chi connectivity index (χ1v) is 8.58. The van der Waals surface area contributed by atoms with Crippen molar-refractivity contribution >= 4 is 5.91 Å². The van der Waals surface area contributed by atoms with Gasteiger partial charge in [-0.2, -0.15) is 0 Å². The zero-order valence-corrected chi connectivity index (χ0v) is 13.4. The van der Waals surface area contributed by atoms with E-state index < -0.39 is 0 Å². The lowest BCUT2D eigenvalue weighted by molar-refractivity contribution is 0.0305. The van der Waals surface area contributed by atoms with E-state index in [1.165, 1.54) is 19.4 Å². The lowest BCUT2D eigenvalue weighted by atomic mass is 10.1. The summed E-state index contributed by atoms with van der Waals surface area (Å²) in [5.74, 6) is 0.767. The minimum absolute atomic E-state index is 0.00790. The van der Waals surface area contributed by atoms with E-state index in [0.717, 1.165) is 51.7 Å². The Bertz CT molecular complexity index is 555. The SMILES string of the molecule is O=C(c1cc(CN2CCOCC2)on1)N1CCN2CCC[C@H]2C1. The number of hydrogen-bond donors (Lipinski definition) is 0. The van der Waals surface area contributed by atoms with Crippen LogP contribution in [-0.4, -0.2) is 84.3 Å². The molecule has 1 atom stereocenters. The lowest BCUT2D eigenvalue weighted by Crippen LogP contribution is -2.52. The molecule has 1 aromatic heterocycles. The summed E-state index contributed by atoms with van der Waals surface area (Å²) in [5.41, 5.74) is 0.444. The van der Waals surface area contributed by atoms with Crippen LogP contribution in [0.3, 0.4) is 0 Å². The van der Waals surface area contributed by atoms with Crippen molar-refractivity contribution < 1.29 is 14.1 Å². The van der Waals surface area contributed by atoms with Gasteiger partial charge in [0.15, 0.2) is 11.5 Å². The molecule has 0 bridgehead atoms. The number of ether oxygens (including phenoxy) is 1. The maximum atomic E-state index is 12.6. The summed E-state index contributed by atoms with van der Waals surface area (Å²) >= 11 is 0. The van der Waals surface area contributed by atoms with Crippen LogP contribution < -0.4 is 0 Å². The Morgan fingerprint density at radius 3 is 2.96 bits per heavy atom. The van der Waals surface area contributed by atoms with Crippen LogP contribution in [0.2, 0.25) is 0 Å². The summed E-state index contributed by atoms with van der Waals surface area (Å²) < 4.78 is 10.7. The predicted octanol–water partition coefficient (Wildman–Crippen LogP) is 0.427. The van der Waals surface area contributed by atoms with Gasteiger partial charge in [0.2, 0.25) is 0 Å². The molecule has 7 nitrogen and oxygen atoms in total. The van der Waals surface area contributed by atoms with Crippen molar-refractivity contribution in [3.8, 4) is 0 Å². The molecule has 23 heavy (non-hydrogen) atoms. The highest BCUT2D eigenvalue weighted by Crippen LogP contribution is 2.22. The molecular formula is C16H24N4O3. The highest BCUT2D eigenvalue weighted by atomic mass is 16.5. The Morgan fingerprint density at radius 1 is 1.22 bits per heavy atom. The molecule has 0 radical (unpaired) electrons. The van der Waals surface area contributed by atoms with Gasteiger partial charge in [0.05, 0.1) is 19.8 Å². The Morgan fingerprint density at radius 2 is 2.09 bits per heavy atom. The predicted molar refractivity (Wildman–Crippen MR) is 83.1 cm³/mol. The second-order valence-corrected chi connectivity index (χ2v) is 6.65. The van der Waals surface area contributed by atoms with Crippen LogP contribution in [0.15, 0.2) is 10.6 Å². The third-order valence-electron chi connectivity index (χ3n) is 5.14. The number of fused-ring (bicyclic) bond motifs is 1. The fourth-order valence-electron chi connectivity index (χ4n) is 3.81. The van der Waals surface area contributed by atoms with Gasteiger partial charge in [-0.15, -0.1) is 0 Å². The average molecular weight is 320 g/mol. The minimum Gasteiger partial charge on any atom is -0.379 e. The molecule has 3 saturated heterocycles. The summed E-state index contributed by atoms with van der Waals surface area (Å²) in [6.07, 6.45) is 2.45. The smallest absolute Gasteiger partial charge is 0.276 e. The molecule has 0 N–H and O–H groups in total. The monoisotopic (exact) mass is 320 g/mol. The lowest BCUT2D eigenvalue weighted by Gasteiger charge is -2.37. The van der Waals surface area contributed by atoms with Crippen molar-refractivity contribution in [1.29, 1.82) is 0 Å². The van der Waals surface area contributed by atoms with Gasteiger partial charge in [-0.1, -0.05) is 5.16 Å². The van der Waals surface area contributed by atoms with E-state index in [4.69, 9.17) is 9.26 Å². The normalized spacial score (nSPS) is 26.4. The van der Waals surface area contributed by atoms with E-state index in [1.54, 1.807) is 6.07 Å². The van der Waals surface area contributed by atoms with Gasteiger partial charge >= 0.3 is 0 Å². The molecule has 3 aliphatic heterocycles. The minimum atomic E-state index is 0.00790. The van der Waals surface area contributed by atoms with E-state index in [0.29, 0.717) is 18.3 Å². The second kappa shape index (κ2) is 6.59. The van der Waals surface area contributed by atoms with Crippen LogP contribution in [0, 0.1) is 0 Å². The van der Waals surface area contributed by atoms with E-state index in [1.807, 2.05) is 4.90 Å². The molecule has 1 amide bonds. The molecule has 4 heterocycles. The average Bonchev–Trinajstić information content (AvgIpc) is 3.23. The molecule has 0 saturated carbocycles. The van der Waals surface area contributed by atoms with E-state index in [2.05, 4.69) is 15.0 Å². The molecule has 3 fully saturated rings. The molecule has 4 rings (SSSR count). The van der Waals surface area contributed by atoms with Crippen molar-refractivity contribution in [2.24, 2.45) is 0 Å². The molecule has 1 aromatic rings. The number of hydrogen-bond acceptors (Lipinski definition) is 6. The van der Waals surface area contributed by atoms with Gasteiger partial charge in [0.1, 0.15) is 0 Å². The topological polar surface area (TPSA) is 62.1 Å². The maximum Gasteiger partial charge on any atom is 0.276 e. The second-order valence-electron chi connectivity index (χ2n) is 6.65. The van der Waals surface area contributed by atoms with Gasteiger partial charge in [-0.05, 0) is 19.4 Å². The van der Waals surface area contributed by atoms with Crippen molar-refractivity contribution in [2.45, 2.75) is 25.4 Å². The molecule has 0 spiro atoms. The van der Waals surface area contributed by atoms with E-state index >= 15 is 0 Å². The molecule has 3 aliphatic rings. The number of carbonyl (C=O) groups excluding carboxylic acids is 1. The van der Waals surface area contributed by atoms with Crippen LogP contribution in [0.4, 0.5) is 0 Å². The summed E-state index contributed by atoms with van der Waals surface area (Å²) in [6.45, 7) is 7.78. The molecular weight excluding hydrogens is 296 g/mol. The number of nitrogens with zero attached hydrogens (tertiary/aromatic N) is 4. The van der Waals surface area contributed by atoms with Crippen LogP contribution in [0.1, 0.15) is 29.1 Å². The highest BCUT2D eigenvalue weighted by Gasteiger charge is 2.33. The van der Waals surface area contributed by atoms with Gasteiger partial charge in [-0.25, -0.2) is 0 Å². The van der Waals surface area contributed by atoms with Crippen molar-refractivity contribution in [2.75, 3.05) is 52.5 Å². The van der Waals surface area contributed by atoms with Crippen LogP contribution >= 0.6 is 0 Å². The molecule has 7 heteroatoms. The molecule has 0 aromatic carbocycles. The first-order valence-electron chi connectivity index (χ1n) is 8.58. The van der Waals surface area contributed by atoms with Crippen molar-refractivity contribution in [3.05, 3.63) is 17.5 Å². The van der Waals surface area contributed by atoms with Crippen LogP contribution in [0.25, 0.3) is 0 Å². The number of amides is 1. The largest absolute Gasteiger partial charge is 0.379 e. The number of morpholine rings is 1. The summed E-state index contributed by atoms with van der Waals surface area (Å²) in [7, 11) is 0. The Hall–Kier alpha value is -1.44. The fourth-order valence-corrected chi connectivity index (χ4v) is 3.81. The van der Waals surface area contributed by atoms with Gasteiger partial charge in [-0.3, -0.25) is 14.6 Å². The first-order chi connectivity index (χ1) is 11.3. The van der Waals surface area contributed by atoms with Gasteiger partial charge < -0.3 is 14.2 Å². The number of aromatic nitrogens is 1. The van der Waals surface area contributed by atoms with Crippen molar-refractivity contribution in [1.82, 2.24) is 19.9 Å². The zero-order valence-electron chi connectivity index (χ0n) is 13.4. The highest BCUT2D eigenvalue weighted by molar-refractivity contribution is 5.92. The first kappa shape index (κ1) is 15.1. The Kier molecular flexibility index (Phi) is 4.33. The molecule has 0 unspecified atom stereocenters. The third-order valence-corrected chi connectivity index (χ3v) is 5.14. The summed E-state index contributed by atoms with van der Waals surface area (Å²) in [4.78, 5) is 19.3. The van der Waals surface area contributed by atoms with Crippen molar-refractivity contribution in [3.63, 3.8) is 0 Å². The fraction of sp³-hybridized carbons (Fsp3) is 0.750. The Balaban J connectivity index is 1.37. The molecule has 0 aliphatic carbocycles. The van der Waals surface area contributed by atoms with E-state index in [-0.39, 0.29) is 5.91 Å². The third kappa shape index (κ3) is 3.27. The van der Waals surface area contributed by atoms with Crippen LogP contribution in [-0.2, 0) is 11.3 Å².